The Morgan fingerprint density at radius 3 is 2.48 bits per heavy atom. The summed E-state index contributed by atoms with van der Waals surface area (Å²) in [6.07, 6.45) is 0. The van der Waals surface area contributed by atoms with E-state index in [0.717, 1.165) is 27.1 Å². The average molecular weight is 325 g/mol. The first-order valence-electron chi connectivity index (χ1n) is 7.32. The summed E-state index contributed by atoms with van der Waals surface area (Å²) in [6, 6.07) is 11.9. The summed E-state index contributed by atoms with van der Waals surface area (Å²) in [5, 5.41) is 0.975. The van der Waals surface area contributed by atoms with Crippen molar-refractivity contribution in [2.45, 2.75) is 23.6 Å². The van der Waals surface area contributed by atoms with Crippen molar-refractivity contribution in [3.05, 3.63) is 57.9 Å². The van der Waals surface area contributed by atoms with Crippen molar-refractivity contribution in [3.63, 3.8) is 0 Å². The molecular formula is C18H15NO3S. The summed E-state index contributed by atoms with van der Waals surface area (Å²) in [6.45, 7) is 4.24. The minimum absolute atomic E-state index is 0.0839. The third kappa shape index (κ3) is 2.47. The molecule has 0 atom stereocenters. The van der Waals surface area contributed by atoms with Crippen molar-refractivity contribution in [3.8, 4) is 11.5 Å². The Balaban J connectivity index is 1.85. The maximum absolute atomic E-state index is 12.5. The second-order valence-electron chi connectivity index (χ2n) is 5.57. The van der Waals surface area contributed by atoms with Crippen LogP contribution in [0.5, 0.6) is 11.5 Å². The maximum Gasteiger partial charge on any atom is 0.262 e. The van der Waals surface area contributed by atoms with Crippen molar-refractivity contribution >= 4 is 22.7 Å². The van der Waals surface area contributed by atoms with E-state index in [1.165, 1.54) is 17.3 Å². The molecule has 1 aliphatic heterocycles. The zero-order valence-electron chi connectivity index (χ0n) is 12.8. The molecule has 4 rings (SSSR count). The molecule has 1 N–H and O–H groups in total. The summed E-state index contributed by atoms with van der Waals surface area (Å²) in [5.74, 6) is 1.39. The van der Waals surface area contributed by atoms with Gasteiger partial charge in [-0.2, -0.15) is 0 Å². The highest BCUT2D eigenvalue weighted by molar-refractivity contribution is 7.99. The van der Waals surface area contributed by atoms with Crippen LogP contribution in [0.15, 0.2) is 51.0 Å². The second-order valence-corrected chi connectivity index (χ2v) is 6.66. The molecule has 1 aromatic heterocycles. The fraction of sp³-hybridized carbons (Fsp3) is 0.167. The van der Waals surface area contributed by atoms with E-state index < -0.39 is 0 Å². The number of aromatic nitrogens is 1. The number of pyridine rings is 1. The third-order valence-electron chi connectivity index (χ3n) is 3.95. The van der Waals surface area contributed by atoms with Gasteiger partial charge >= 0.3 is 0 Å². The number of aryl methyl sites for hydroxylation is 2. The number of benzene rings is 2. The highest BCUT2D eigenvalue weighted by atomic mass is 32.2. The Morgan fingerprint density at radius 2 is 1.74 bits per heavy atom. The first-order valence-corrected chi connectivity index (χ1v) is 8.14. The van der Waals surface area contributed by atoms with E-state index >= 15 is 0 Å². The van der Waals surface area contributed by atoms with Crippen molar-refractivity contribution in [1.29, 1.82) is 0 Å². The Kier molecular flexibility index (Phi) is 3.31. The molecule has 3 aromatic rings. The van der Waals surface area contributed by atoms with E-state index in [1.54, 1.807) is 0 Å². The number of aromatic amines is 1. The van der Waals surface area contributed by atoms with Crippen LogP contribution in [0.1, 0.15) is 11.1 Å². The average Bonchev–Trinajstić information content (AvgIpc) is 2.99. The lowest BCUT2D eigenvalue weighted by atomic mass is 10.1. The zero-order valence-corrected chi connectivity index (χ0v) is 13.6. The SMILES string of the molecule is Cc1ccc(Sc2c(C)c3cc4c(cc3[nH]c2=O)OCO4)cc1. The van der Waals surface area contributed by atoms with E-state index in [0.29, 0.717) is 10.6 Å². The molecule has 5 heteroatoms. The molecule has 1 aliphatic rings. The molecule has 0 spiro atoms. The number of rotatable bonds is 2. The van der Waals surface area contributed by atoms with E-state index in [4.69, 9.17) is 9.47 Å². The van der Waals surface area contributed by atoms with E-state index in [1.807, 2.05) is 50.2 Å². The van der Waals surface area contributed by atoms with Crippen molar-refractivity contribution in [2.75, 3.05) is 6.79 Å². The first kappa shape index (κ1) is 14.2. The van der Waals surface area contributed by atoms with Gasteiger partial charge in [0.15, 0.2) is 11.5 Å². The lowest BCUT2D eigenvalue weighted by molar-refractivity contribution is 0.174. The molecule has 116 valence electrons. The summed E-state index contributed by atoms with van der Waals surface area (Å²) in [4.78, 5) is 17.2. The molecule has 0 fully saturated rings. The molecule has 23 heavy (non-hydrogen) atoms. The molecule has 0 radical (unpaired) electrons. The van der Waals surface area contributed by atoms with Crippen LogP contribution in [0.3, 0.4) is 0 Å². The quantitative estimate of drug-likeness (QED) is 0.773. The van der Waals surface area contributed by atoms with Crippen molar-refractivity contribution in [2.24, 2.45) is 0 Å². The van der Waals surface area contributed by atoms with E-state index in [9.17, 15) is 4.79 Å². The molecule has 2 aromatic carbocycles. The van der Waals surface area contributed by atoms with E-state index in [-0.39, 0.29) is 12.4 Å². The Labute approximate surface area is 137 Å². The van der Waals surface area contributed by atoms with Crippen LogP contribution in [0, 0.1) is 13.8 Å². The van der Waals surface area contributed by atoms with Gasteiger partial charge in [-0.25, -0.2) is 0 Å². The Bertz CT molecular complexity index is 961. The van der Waals surface area contributed by atoms with Gasteiger partial charge in [-0.3, -0.25) is 4.79 Å². The van der Waals surface area contributed by atoms with Gasteiger partial charge in [0.25, 0.3) is 5.56 Å². The number of hydrogen-bond donors (Lipinski definition) is 1. The van der Waals surface area contributed by atoms with Crippen LogP contribution in [-0.2, 0) is 0 Å². The van der Waals surface area contributed by atoms with Gasteiger partial charge in [0, 0.05) is 16.3 Å². The third-order valence-corrected chi connectivity index (χ3v) is 5.16. The smallest absolute Gasteiger partial charge is 0.262 e. The van der Waals surface area contributed by atoms with Gasteiger partial charge in [-0.1, -0.05) is 29.5 Å². The Hall–Kier alpha value is -2.40. The molecule has 2 heterocycles. The minimum Gasteiger partial charge on any atom is -0.454 e. The molecule has 0 saturated carbocycles. The van der Waals surface area contributed by atoms with Crippen molar-refractivity contribution in [1.82, 2.24) is 4.98 Å². The number of fused-ring (bicyclic) bond motifs is 2. The maximum atomic E-state index is 12.5. The van der Waals surface area contributed by atoms with Crippen LogP contribution in [-0.4, -0.2) is 11.8 Å². The summed E-state index contributed by atoms with van der Waals surface area (Å²) >= 11 is 1.48. The van der Waals surface area contributed by atoms with Gasteiger partial charge in [0.2, 0.25) is 6.79 Å². The predicted molar refractivity (Wildman–Crippen MR) is 90.7 cm³/mol. The molecule has 4 nitrogen and oxygen atoms in total. The second kappa shape index (κ2) is 5.35. The summed E-state index contributed by atoms with van der Waals surface area (Å²) < 4.78 is 10.8. The number of H-pyrrole nitrogens is 1. The molecule has 0 amide bonds. The predicted octanol–water partition coefficient (Wildman–Crippen LogP) is 4.02. The molecule has 0 aliphatic carbocycles. The van der Waals surface area contributed by atoms with Crippen LogP contribution in [0.25, 0.3) is 10.9 Å². The minimum atomic E-state index is -0.0839. The number of hydrogen-bond acceptors (Lipinski definition) is 4. The topological polar surface area (TPSA) is 51.3 Å². The lowest BCUT2D eigenvalue weighted by Crippen LogP contribution is -2.10. The number of ether oxygens (including phenoxy) is 2. The highest BCUT2D eigenvalue weighted by Gasteiger charge is 2.18. The number of nitrogens with one attached hydrogen (secondary N) is 1. The fourth-order valence-electron chi connectivity index (χ4n) is 2.67. The van der Waals surface area contributed by atoms with Gasteiger partial charge in [-0.15, -0.1) is 0 Å². The lowest BCUT2D eigenvalue weighted by Gasteiger charge is -2.09. The first-order chi connectivity index (χ1) is 11.1. The molecule has 0 bridgehead atoms. The van der Waals surface area contributed by atoms with Gasteiger partial charge in [0.05, 0.1) is 10.4 Å². The normalized spacial score (nSPS) is 12.8. The monoisotopic (exact) mass is 325 g/mol. The molecule has 0 unspecified atom stereocenters. The van der Waals surface area contributed by atoms with E-state index in [2.05, 4.69) is 4.98 Å². The van der Waals surface area contributed by atoms with Gasteiger partial charge < -0.3 is 14.5 Å². The summed E-state index contributed by atoms with van der Waals surface area (Å²) in [5.41, 5.74) is 2.84. The largest absolute Gasteiger partial charge is 0.454 e. The van der Waals surface area contributed by atoms with Crippen LogP contribution >= 0.6 is 11.8 Å². The van der Waals surface area contributed by atoms with Crippen LogP contribution < -0.4 is 15.0 Å². The highest BCUT2D eigenvalue weighted by Crippen LogP contribution is 2.38. The molecular weight excluding hydrogens is 310 g/mol. The van der Waals surface area contributed by atoms with Gasteiger partial charge in [-0.05, 0) is 37.6 Å². The Morgan fingerprint density at radius 1 is 1.04 bits per heavy atom. The van der Waals surface area contributed by atoms with Gasteiger partial charge in [0.1, 0.15) is 0 Å². The van der Waals surface area contributed by atoms with Crippen LogP contribution in [0.4, 0.5) is 0 Å². The fourth-order valence-corrected chi connectivity index (χ4v) is 3.59. The zero-order chi connectivity index (χ0) is 16.0. The standard InChI is InChI=1S/C18H15NO3S/c1-10-3-5-12(6-4-10)23-17-11(2)13-7-15-16(22-9-21-15)8-14(13)19-18(17)20/h3-8H,9H2,1-2H3,(H,19,20). The van der Waals surface area contributed by atoms with Crippen LogP contribution in [0.2, 0.25) is 0 Å². The molecule has 0 saturated heterocycles. The van der Waals surface area contributed by atoms with Crippen molar-refractivity contribution < 1.29 is 9.47 Å². The summed E-state index contributed by atoms with van der Waals surface area (Å²) in [7, 11) is 0.